The van der Waals surface area contributed by atoms with E-state index in [-0.39, 0.29) is 5.91 Å². The minimum atomic E-state index is 0.0807. The molecular formula is C15H22IN3O. The molecule has 5 heteroatoms. The van der Waals surface area contributed by atoms with Crippen molar-refractivity contribution in [2.24, 2.45) is 5.92 Å². The van der Waals surface area contributed by atoms with Crippen molar-refractivity contribution in [2.75, 3.05) is 38.5 Å². The molecule has 0 spiro atoms. The summed E-state index contributed by atoms with van der Waals surface area (Å²) in [5.74, 6) is 0.747. The molecule has 0 aromatic heterocycles. The molecule has 0 bridgehead atoms. The fourth-order valence-corrected chi connectivity index (χ4v) is 3.26. The molecule has 1 aromatic rings. The van der Waals surface area contributed by atoms with Crippen LogP contribution in [0, 0.1) is 9.49 Å². The number of anilines is 1. The van der Waals surface area contributed by atoms with E-state index in [0.717, 1.165) is 28.9 Å². The lowest BCUT2D eigenvalue weighted by Gasteiger charge is -2.32. The van der Waals surface area contributed by atoms with Gasteiger partial charge in [0.1, 0.15) is 0 Å². The smallest absolute Gasteiger partial charge is 0.238 e. The summed E-state index contributed by atoms with van der Waals surface area (Å²) < 4.78 is 1.13. The quantitative estimate of drug-likeness (QED) is 0.762. The van der Waals surface area contributed by atoms with Crippen molar-refractivity contribution in [1.82, 2.24) is 10.2 Å². The minimum Gasteiger partial charge on any atom is -0.325 e. The third-order valence-corrected chi connectivity index (χ3v) is 4.24. The summed E-state index contributed by atoms with van der Waals surface area (Å²) >= 11 is 2.25. The van der Waals surface area contributed by atoms with E-state index in [1.807, 2.05) is 31.3 Å². The largest absolute Gasteiger partial charge is 0.325 e. The molecule has 0 aliphatic carbocycles. The number of nitrogens with zero attached hydrogens (tertiary/aromatic N) is 1. The molecular weight excluding hydrogens is 365 g/mol. The van der Waals surface area contributed by atoms with Gasteiger partial charge in [-0.25, -0.2) is 0 Å². The topological polar surface area (TPSA) is 44.4 Å². The van der Waals surface area contributed by atoms with Crippen LogP contribution < -0.4 is 10.6 Å². The van der Waals surface area contributed by atoms with Crippen LogP contribution in [0.25, 0.3) is 0 Å². The number of piperidine rings is 1. The zero-order valence-electron chi connectivity index (χ0n) is 11.9. The van der Waals surface area contributed by atoms with E-state index in [2.05, 4.69) is 38.1 Å². The molecule has 0 saturated carbocycles. The molecule has 2 N–H and O–H groups in total. The first-order chi connectivity index (χ1) is 9.67. The summed E-state index contributed by atoms with van der Waals surface area (Å²) in [7, 11) is 1.99. The molecule has 1 aliphatic rings. The highest BCUT2D eigenvalue weighted by Gasteiger charge is 2.20. The van der Waals surface area contributed by atoms with Gasteiger partial charge in [-0.05, 0) is 79.7 Å². The molecule has 1 saturated heterocycles. The van der Waals surface area contributed by atoms with Crippen LogP contribution in [0.15, 0.2) is 24.3 Å². The van der Waals surface area contributed by atoms with E-state index in [1.165, 1.54) is 12.8 Å². The van der Waals surface area contributed by atoms with Gasteiger partial charge in [-0.2, -0.15) is 0 Å². The van der Waals surface area contributed by atoms with Crippen molar-refractivity contribution < 1.29 is 4.79 Å². The van der Waals surface area contributed by atoms with Gasteiger partial charge in [0.2, 0.25) is 5.91 Å². The van der Waals surface area contributed by atoms with Crippen LogP contribution in [0.2, 0.25) is 0 Å². The molecule has 1 atom stereocenters. The Morgan fingerprint density at radius 3 is 3.10 bits per heavy atom. The first-order valence-electron chi connectivity index (χ1n) is 7.10. The number of amides is 1. The van der Waals surface area contributed by atoms with Crippen molar-refractivity contribution >= 4 is 34.2 Å². The Balaban J connectivity index is 1.82. The van der Waals surface area contributed by atoms with E-state index in [9.17, 15) is 4.79 Å². The van der Waals surface area contributed by atoms with Gasteiger partial charge in [0.05, 0.1) is 6.54 Å². The summed E-state index contributed by atoms with van der Waals surface area (Å²) in [4.78, 5) is 14.3. The highest BCUT2D eigenvalue weighted by atomic mass is 127. The predicted molar refractivity (Wildman–Crippen MR) is 90.9 cm³/mol. The lowest BCUT2D eigenvalue weighted by Crippen LogP contribution is -2.42. The van der Waals surface area contributed by atoms with Gasteiger partial charge in [-0.1, -0.05) is 6.07 Å². The average Bonchev–Trinajstić information content (AvgIpc) is 2.39. The average molecular weight is 387 g/mol. The first kappa shape index (κ1) is 15.7. The zero-order valence-corrected chi connectivity index (χ0v) is 14.0. The lowest BCUT2D eigenvalue weighted by atomic mass is 9.98. The van der Waals surface area contributed by atoms with E-state index in [0.29, 0.717) is 12.5 Å². The van der Waals surface area contributed by atoms with Gasteiger partial charge in [0, 0.05) is 15.8 Å². The van der Waals surface area contributed by atoms with Crippen LogP contribution >= 0.6 is 22.6 Å². The van der Waals surface area contributed by atoms with Crippen LogP contribution in [0.1, 0.15) is 12.8 Å². The third kappa shape index (κ3) is 5.03. The van der Waals surface area contributed by atoms with Gasteiger partial charge in [0.25, 0.3) is 0 Å². The Hall–Kier alpha value is -0.660. The maximum atomic E-state index is 12.1. The van der Waals surface area contributed by atoms with Gasteiger partial charge >= 0.3 is 0 Å². The Kier molecular flexibility index (Phi) is 6.25. The normalized spacial score (nSPS) is 19.8. The zero-order chi connectivity index (χ0) is 14.4. The van der Waals surface area contributed by atoms with Crippen LogP contribution in [0.3, 0.4) is 0 Å². The summed E-state index contributed by atoms with van der Waals surface area (Å²) in [5.41, 5.74) is 0.880. The van der Waals surface area contributed by atoms with Crippen molar-refractivity contribution in [3.05, 3.63) is 27.8 Å². The lowest BCUT2D eigenvalue weighted by molar-refractivity contribution is -0.117. The number of carbonyl (C=O) groups is 1. The standard InChI is InChI=1S/C15H22IN3O/c1-17-9-12-4-3-7-19(10-12)11-15(20)18-14-6-2-5-13(16)8-14/h2,5-6,8,12,17H,3-4,7,9-11H2,1H3,(H,18,20). The van der Waals surface area contributed by atoms with Crippen LogP contribution in [0.5, 0.6) is 0 Å². The van der Waals surface area contributed by atoms with E-state index >= 15 is 0 Å². The molecule has 1 aliphatic heterocycles. The van der Waals surface area contributed by atoms with Gasteiger partial charge < -0.3 is 10.6 Å². The molecule has 1 unspecified atom stereocenters. The summed E-state index contributed by atoms with van der Waals surface area (Å²) in [5, 5.41) is 6.21. The summed E-state index contributed by atoms with van der Waals surface area (Å²) in [6.07, 6.45) is 2.44. The summed E-state index contributed by atoms with van der Waals surface area (Å²) in [6, 6.07) is 7.89. The Morgan fingerprint density at radius 1 is 1.50 bits per heavy atom. The summed E-state index contributed by atoms with van der Waals surface area (Å²) in [6.45, 7) is 3.57. The first-order valence-corrected chi connectivity index (χ1v) is 8.17. The highest BCUT2D eigenvalue weighted by Crippen LogP contribution is 2.16. The Labute approximate surface area is 134 Å². The van der Waals surface area contributed by atoms with Gasteiger partial charge in [-0.3, -0.25) is 9.69 Å². The molecule has 4 nitrogen and oxygen atoms in total. The van der Waals surface area contributed by atoms with E-state index < -0.39 is 0 Å². The monoisotopic (exact) mass is 387 g/mol. The van der Waals surface area contributed by atoms with Crippen LogP contribution in [-0.4, -0.2) is 44.0 Å². The van der Waals surface area contributed by atoms with E-state index in [4.69, 9.17) is 0 Å². The maximum Gasteiger partial charge on any atom is 0.238 e. The molecule has 20 heavy (non-hydrogen) atoms. The van der Waals surface area contributed by atoms with Crippen LogP contribution in [0.4, 0.5) is 5.69 Å². The number of halogens is 1. The second kappa shape index (κ2) is 7.95. The number of nitrogens with one attached hydrogen (secondary N) is 2. The Bertz CT molecular complexity index is 450. The number of carbonyl (C=O) groups excluding carboxylic acids is 1. The predicted octanol–water partition coefficient (Wildman–Crippen LogP) is 2.16. The number of hydrogen-bond acceptors (Lipinski definition) is 3. The van der Waals surface area contributed by atoms with Crippen molar-refractivity contribution in [1.29, 1.82) is 0 Å². The number of rotatable bonds is 5. The van der Waals surface area contributed by atoms with Crippen molar-refractivity contribution in [2.45, 2.75) is 12.8 Å². The van der Waals surface area contributed by atoms with E-state index in [1.54, 1.807) is 0 Å². The van der Waals surface area contributed by atoms with Crippen molar-refractivity contribution in [3.63, 3.8) is 0 Å². The Morgan fingerprint density at radius 2 is 2.35 bits per heavy atom. The molecule has 1 fully saturated rings. The third-order valence-electron chi connectivity index (χ3n) is 3.57. The fraction of sp³-hybridized carbons (Fsp3) is 0.533. The SMILES string of the molecule is CNCC1CCCN(CC(=O)Nc2cccc(I)c2)C1. The number of benzene rings is 1. The number of hydrogen-bond donors (Lipinski definition) is 2. The molecule has 2 rings (SSSR count). The minimum absolute atomic E-state index is 0.0807. The molecule has 1 amide bonds. The van der Waals surface area contributed by atoms with Crippen molar-refractivity contribution in [3.8, 4) is 0 Å². The van der Waals surface area contributed by atoms with Gasteiger partial charge in [-0.15, -0.1) is 0 Å². The maximum absolute atomic E-state index is 12.1. The van der Waals surface area contributed by atoms with Gasteiger partial charge in [0.15, 0.2) is 0 Å². The molecule has 1 heterocycles. The molecule has 110 valence electrons. The second-order valence-corrected chi connectivity index (χ2v) is 6.61. The number of likely N-dealkylation sites (tertiary alicyclic amines) is 1. The highest BCUT2D eigenvalue weighted by molar-refractivity contribution is 14.1. The molecule has 1 aromatic carbocycles. The molecule has 0 radical (unpaired) electrons. The fourth-order valence-electron chi connectivity index (χ4n) is 2.72. The second-order valence-electron chi connectivity index (χ2n) is 5.36. The van der Waals surface area contributed by atoms with Crippen LogP contribution in [-0.2, 0) is 4.79 Å².